The van der Waals surface area contributed by atoms with Crippen molar-refractivity contribution in [1.29, 1.82) is 0 Å². The largest absolute Gasteiger partial charge is 0.490 e. The standard InChI is InChI=1S/C14H11F2N3O3/c15-7-1-2-8(16)13-11(7)10-6(5-21-13)12(10)19(14(17)20)9-3-4-22-18-9/h1-4,6,10,12H,5H2,(H2,17,20)/t6-,10+,12+/m0/s1. The zero-order valence-electron chi connectivity index (χ0n) is 11.2. The number of nitrogens with zero attached hydrogens (tertiary/aromatic N) is 2. The molecule has 1 fully saturated rings. The fourth-order valence-electron chi connectivity index (χ4n) is 3.22. The van der Waals surface area contributed by atoms with Gasteiger partial charge in [-0.3, -0.25) is 4.90 Å². The fraction of sp³-hybridized carbons (Fsp3) is 0.286. The Labute approximate surface area is 123 Å². The number of anilines is 1. The second kappa shape index (κ2) is 4.43. The number of nitrogens with two attached hydrogens (primary N) is 1. The number of aromatic nitrogens is 1. The lowest BCUT2D eigenvalue weighted by Gasteiger charge is -2.17. The molecule has 0 unspecified atom stereocenters. The first kappa shape index (κ1) is 13.1. The van der Waals surface area contributed by atoms with Crippen LogP contribution in [-0.4, -0.2) is 23.8 Å². The number of benzene rings is 1. The summed E-state index contributed by atoms with van der Waals surface area (Å²) in [6.07, 6.45) is 1.31. The van der Waals surface area contributed by atoms with Gasteiger partial charge in [0.25, 0.3) is 0 Å². The number of hydrogen-bond acceptors (Lipinski definition) is 4. The first-order chi connectivity index (χ1) is 10.6. The number of ether oxygens (including phenoxy) is 1. The fourth-order valence-corrected chi connectivity index (χ4v) is 3.22. The van der Waals surface area contributed by atoms with Crippen molar-refractivity contribution in [1.82, 2.24) is 5.16 Å². The van der Waals surface area contributed by atoms with Gasteiger partial charge in [0.15, 0.2) is 17.4 Å². The van der Waals surface area contributed by atoms with Crippen molar-refractivity contribution in [2.45, 2.75) is 12.0 Å². The lowest BCUT2D eigenvalue weighted by Crippen LogP contribution is -2.39. The molecule has 0 spiro atoms. The van der Waals surface area contributed by atoms with Gasteiger partial charge in [-0.25, -0.2) is 13.6 Å². The van der Waals surface area contributed by atoms with E-state index in [0.717, 1.165) is 12.1 Å². The molecule has 8 heteroatoms. The lowest BCUT2D eigenvalue weighted by molar-refractivity contribution is 0.250. The highest BCUT2D eigenvalue weighted by Crippen LogP contribution is 2.58. The van der Waals surface area contributed by atoms with E-state index in [2.05, 4.69) is 5.16 Å². The molecule has 2 aliphatic rings. The third-order valence-corrected chi connectivity index (χ3v) is 4.18. The van der Waals surface area contributed by atoms with Crippen LogP contribution in [-0.2, 0) is 0 Å². The van der Waals surface area contributed by atoms with Gasteiger partial charge in [-0.15, -0.1) is 0 Å². The lowest BCUT2D eigenvalue weighted by atomic mass is 10.0. The van der Waals surface area contributed by atoms with Gasteiger partial charge in [-0.05, 0) is 12.1 Å². The molecule has 0 radical (unpaired) electrons. The van der Waals surface area contributed by atoms with Gasteiger partial charge in [-0.1, -0.05) is 5.16 Å². The monoisotopic (exact) mass is 307 g/mol. The summed E-state index contributed by atoms with van der Waals surface area (Å²) in [4.78, 5) is 13.0. The average Bonchev–Trinajstić information content (AvgIpc) is 2.93. The maximum absolute atomic E-state index is 14.1. The van der Waals surface area contributed by atoms with Crippen molar-refractivity contribution < 1.29 is 22.8 Å². The van der Waals surface area contributed by atoms with Crippen LogP contribution in [0.15, 0.2) is 29.0 Å². The predicted octanol–water partition coefficient (Wildman–Crippen LogP) is 2.01. The van der Waals surface area contributed by atoms with Crippen molar-refractivity contribution in [2.24, 2.45) is 11.7 Å². The number of carbonyl (C=O) groups excluding carboxylic acids is 1. The van der Waals surface area contributed by atoms with Crippen LogP contribution < -0.4 is 15.4 Å². The molecule has 2 N–H and O–H groups in total. The Morgan fingerprint density at radius 3 is 2.77 bits per heavy atom. The van der Waals surface area contributed by atoms with Crippen LogP contribution in [0.25, 0.3) is 0 Å². The zero-order valence-corrected chi connectivity index (χ0v) is 11.2. The minimum absolute atomic E-state index is 0.0895. The van der Waals surface area contributed by atoms with Gasteiger partial charge in [0.2, 0.25) is 0 Å². The highest BCUT2D eigenvalue weighted by atomic mass is 19.1. The third kappa shape index (κ3) is 1.69. The molecule has 114 valence electrons. The van der Waals surface area contributed by atoms with Gasteiger partial charge in [0.05, 0.1) is 12.6 Å². The smallest absolute Gasteiger partial charge is 0.320 e. The zero-order chi connectivity index (χ0) is 15.4. The molecule has 0 saturated heterocycles. The normalized spacial score (nSPS) is 24.9. The van der Waals surface area contributed by atoms with Gasteiger partial charge in [0.1, 0.15) is 12.1 Å². The van der Waals surface area contributed by atoms with E-state index in [-0.39, 0.29) is 35.6 Å². The van der Waals surface area contributed by atoms with E-state index in [9.17, 15) is 13.6 Å². The molecule has 4 rings (SSSR count). The molecule has 6 nitrogen and oxygen atoms in total. The summed E-state index contributed by atoms with van der Waals surface area (Å²) in [6.45, 7) is 0.185. The highest BCUT2D eigenvalue weighted by Gasteiger charge is 2.60. The Bertz CT molecular complexity index is 750. The molecule has 2 heterocycles. The van der Waals surface area contributed by atoms with Gasteiger partial charge < -0.3 is 15.0 Å². The van der Waals surface area contributed by atoms with Crippen LogP contribution in [0.4, 0.5) is 19.4 Å². The maximum atomic E-state index is 14.1. The number of rotatable bonds is 2. The molecule has 1 aromatic heterocycles. The quantitative estimate of drug-likeness (QED) is 0.920. The van der Waals surface area contributed by atoms with Crippen molar-refractivity contribution in [3.8, 4) is 5.75 Å². The van der Waals surface area contributed by atoms with Crippen LogP contribution >= 0.6 is 0 Å². The van der Waals surface area contributed by atoms with Crippen LogP contribution in [0.5, 0.6) is 5.75 Å². The number of urea groups is 1. The van der Waals surface area contributed by atoms with E-state index in [4.69, 9.17) is 15.0 Å². The Morgan fingerprint density at radius 1 is 1.32 bits per heavy atom. The highest BCUT2D eigenvalue weighted by molar-refractivity contribution is 5.91. The number of carbonyl (C=O) groups is 1. The number of halogens is 2. The second-order valence-electron chi connectivity index (χ2n) is 5.33. The number of hydrogen-bond donors (Lipinski definition) is 1. The van der Waals surface area contributed by atoms with Crippen molar-refractivity contribution >= 4 is 11.8 Å². The molecule has 22 heavy (non-hydrogen) atoms. The summed E-state index contributed by atoms with van der Waals surface area (Å²) in [5.74, 6) is -1.55. The Morgan fingerprint density at radius 2 is 2.09 bits per heavy atom. The molecule has 0 bridgehead atoms. The number of amides is 2. The predicted molar refractivity (Wildman–Crippen MR) is 70.4 cm³/mol. The number of fused-ring (bicyclic) bond motifs is 3. The first-order valence-electron chi connectivity index (χ1n) is 6.69. The van der Waals surface area contributed by atoms with Crippen molar-refractivity contribution in [2.75, 3.05) is 11.5 Å². The summed E-state index contributed by atoms with van der Waals surface area (Å²) in [7, 11) is 0. The molecule has 1 aliphatic carbocycles. The molecular weight excluding hydrogens is 296 g/mol. The van der Waals surface area contributed by atoms with E-state index >= 15 is 0 Å². The van der Waals surface area contributed by atoms with Crippen molar-refractivity contribution in [3.63, 3.8) is 0 Å². The molecule has 3 atom stereocenters. The minimum atomic E-state index is -0.730. The molecule has 1 saturated carbocycles. The Kier molecular flexibility index (Phi) is 2.63. The van der Waals surface area contributed by atoms with E-state index in [1.54, 1.807) is 0 Å². The SMILES string of the molecule is NC(=O)N(c1ccon1)[C@@H]1[C@H]2COc3c(F)ccc(F)c3[C@@H]21. The Balaban J connectivity index is 1.75. The molecular formula is C14H11F2N3O3. The first-order valence-corrected chi connectivity index (χ1v) is 6.69. The van der Waals surface area contributed by atoms with Gasteiger partial charge in [-0.2, -0.15) is 0 Å². The second-order valence-corrected chi connectivity index (χ2v) is 5.33. The molecule has 1 aliphatic heterocycles. The topological polar surface area (TPSA) is 81.6 Å². The third-order valence-electron chi connectivity index (χ3n) is 4.18. The molecule has 1 aromatic carbocycles. The van der Waals surface area contributed by atoms with Gasteiger partial charge in [0, 0.05) is 23.5 Å². The summed E-state index contributed by atoms with van der Waals surface area (Å²) in [5.41, 5.74) is 5.56. The minimum Gasteiger partial charge on any atom is -0.490 e. The van der Waals surface area contributed by atoms with Crippen LogP contribution in [0, 0.1) is 17.6 Å². The van der Waals surface area contributed by atoms with E-state index < -0.39 is 23.7 Å². The van der Waals surface area contributed by atoms with Crippen LogP contribution in [0.3, 0.4) is 0 Å². The van der Waals surface area contributed by atoms with E-state index in [0.29, 0.717) is 0 Å². The summed E-state index contributed by atoms with van der Waals surface area (Å²) >= 11 is 0. The van der Waals surface area contributed by atoms with Crippen LogP contribution in [0.2, 0.25) is 0 Å². The van der Waals surface area contributed by atoms with Gasteiger partial charge >= 0.3 is 6.03 Å². The van der Waals surface area contributed by atoms with Crippen molar-refractivity contribution in [3.05, 3.63) is 41.7 Å². The van der Waals surface area contributed by atoms with E-state index in [1.807, 2.05) is 0 Å². The summed E-state index contributed by atoms with van der Waals surface area (Å²) < 4.78 is 37.9. The average molecular weight is 307 g/mol. The maximum Gasteiger partial charge on any atom is 0.320 e. The molecule has 2 aromatic rings. The van der Waals surface area contributed by atoms with E-state index in [1.165, 1.54) is 17.2 Å². The summed E-state index contributed by atoms with van der Waals surface area (Å²) in [6, 6.07) is 2.40. The Hall–Kier alpha value is -2.64. The van der Waals surface area contributed by atoms with Crippen LogP contribution in [0.1, 0.15) is 11.5 Å². The summed E-state index contributed by atoms with van der Waals surface area (Å²) in [5, 5.41) is 3.69. The number of primary amides is 1. The molecule has 2 amide bonds.